The van der Waals surface area contributed by atoms with Crippen molar-refractivity contribution in [1.82, 2.24) is 0 Å². The van der Waals surface area contributed by atoms with Crippen molar-refractivity contribution in [3.05, 3.63) is 35.6 Å². The third kappa shape index (κ3) is 1.23. The quantitative estimate of drug-likeness (QED) is 0.653. The molecule has 0 saturated heterocycles. The van der Waals surface area contributed by atoms with Gasteiger partial charge in [-0.3, -0.25) is 4.79 Å². The van der Waals surface area contributed by atoms with Gasteiger partial charge >= 0.3 is 0 Å². The summed E-state index contributed by atoms with van der Waals surface area (Å²) in [7, 11) is 0. The third-order valence-electron chi connectivity index (χ3n) is 2.12. The Bertz CT molecular complexity index is 471. The van der Waals surface area contributed by atoms with E-state index >= 15 is 0 Å². The van der Waals surface area contributed by atoms with Gasteiger partial charge in [0.2, 0.25) is 0 Å². The van der Waals surface area contributed by atoms with Crippen LogP contribution in [0.4, 0.5) is 0 Å². The predicted molar refractivity (Wildman–Crippen MR) is 51.1 cm³/mol. The second-order valence-corrected chi connectivity index (χ2v) is 3.19. The standard InChI is InChI=1S/C10H7ClO2/c1-6-7-4-5-13-9(7)3-2-8(6)10(11)12/h2-5H,1H3. The highest BCUT2D eigenvalue weighted by Gasteiger charge is 2.09. The Morgan fingerprint density at radius 3 is 2.85 bits per heavy atom. The number of aryl methyl sites for hydroxylation is 1. The highest BCUT2D eigenvalue weighted by atomic mass is 35.5. The molecule has 0 aliphatic heterocycles. The second-order valence-electron chi connectivity index (χ2n) is 2.84. The molecule has 0 spiro atoms. The molecule has 0 saturated carbocycles. The smallest absolute Gasteiger partial charge is 0.252 e. The van der Waals surface area contributed by atoms with Crippen LogP contribution in [0.2, 0.25) is 0 Å². The first-order valence-corrected chi connectivity index (χ1v) is 4.24. The second kappa shape index (κ2) is 2.89. The van der Waals surface area contributed by atoms with Crippen molar-refractivity contribution in [2.75, 3.05) is 0 Å². The molecule has 2 aromatic rings. The number of rotatable bonds is 1. The summed E-state index contributed by atoms with van der Waals surface area (Å²) in [6.45, 7) is 1.85. The Hall–Kier alpha value is -1.28. The van der Waals surface area contributed by atoms with Crippen LogP contribution in [0.3, 0.4) is 0 Å². The van der Waals surface area contributed by atoms with Crippen molar-refractivity contribution < 1.29 is 9.21 Å². The van der Waals surface area contributed by atoms with Gasteiger partial charge in [-0.25, -0.2) is 0 Å². The molecule has 0 aliphatic rings. The lowest BCUT2D eigenvalue weighted by Crippen LogP contribution is -1.92. The summed E-state index contributed by atoms with van der Waals surface area (Å²) in [6.07, 6.45) is 1.60. The van der Waals surface area contributed by atoms with Crippen LogP contribution in [0.5, 0.6) is 0 Å². The molecule has 0 fully saturated rings. The van der Waals surface area contributed by atoms with E-state index < -0.39 is 5.24 Å². The van der Waals surface area contributed by atoms with Crippen LogP contribution in [0, 0.1) is 6.92 Å². The van der Waals surface area contributed by atoms with Crippen LogP contribution < -0.4 is 0 Å². The van der Waals surface area contributed by atoms with E-state index in [1.165, 1.54) is 0 Å². The van der Waals surface area contributed by atoms with Gasteiger partial charge in [-0.1, -0.05) is 0 Å². The molecule has 1 aromatic carbocycles. The normalized spacial score (nSPS) is 10.6. The SMILES string of the molecule is Cc1c(C(=O)Cl)ccc2occc12. The summed E-state index contributed by atoms with van der Waals surface area (Å²) in [5, 5.41) is 0.507. The molecule has 0 aliphatic carbocycles. The van der Waals surface area contributed by atoms with Gasteiger partial charge in [-0.05, 0) is 42.3 Å². The highest BCUT2D eigenvalue weighted by molar-refractivity contribution is 6.68. The maximum atomic E-state index is 11.0. The average molecular weight is 195 g/mol. The minimum Gasteiger partial charge on any atom is -0.464 e. The number of hydrogen-bond acceptors (Lipinski definition) is 2. The Morgan fingerprint density at radius 1 is 1.38 bits per heavy atom. The summed E-state index contributed by atoms with van der Waals surface area (Å²) in [5.41, 5.74) is 2.18. The molecular formula is C10H7ClO2. The van der Waals surface area contributed by atoms with Crippen molar-refractivity contribution >= 4 is 27.8 Å². The van der Waals surface area contributed by atoms with E-state index in [0.29, 0.717) is 5.56 Å². The average Bonchev–Trinajstić information content (AvgIpc) is 2.52. The molecular weight excluding hydrogens is 188 g/mol. The lowest BCUT2D eigenvalue weighted by atomic mass is 10.1. The van der Waals surface area contributed by atoms with Gasteiger partial charge in [0.25, 0.3) is 5.24 Å². The summed E-state index contributed by atoms with van der Waals surface area (Å²) < 4.78 is 5.18. The van der Waals surface area contributed by atoms with E-state index in [2.05, 4.69) is 0 Å². The van der Waals surface area contributed by atoms with Crippen LogP contribution in [-0.2, 0) is 0 Å². The van der Waals surface area contributed by atoms with Gasteiger partial charge in [0.05, 0.1) is 6.26 Å². The van der Waals surface area contributed by atoms with Gasteiger partial charge < -0.3 is 4.42 Å². The zero-order chi connectivity index (χ0) is 9.42. The zero-order valence-corrected chi connectivity index (χ0v) is 7.76. The molecule has 0 unspecified atom stereocenters. The van der Waals surface area contributed by atoms with Crippen molar-refractivity contribution in [3.63, 3.8) is 0 Å². The van der Waals surface area contributed by atoms with Crippen LogP contribution in [-0.4, -0.2) is 5.24 Å². The Kier molecular flexibility index (Phi) is 1.85. The van der Waals surface area contributed by atoms with E-state index in [4.69, 9.17) is 16.0 Å². The zero-order valence-electron chi connectivity index (χ0n) is 7.00. The molecule has 1 heterocycles. The van der Waals surface area contributed by atoms with E-state index in [1.54, 1.807) is 18.4 Å². The van der Waals surface area contributed by atoms with Crippen LogP contribution in [0.25, 0.3) is 11.0 Å². The maximum Gasteiger partial charge on any atom is 0.252 e. The van der Waals surface area contributed by atoms with Crippen molar-refractivity contribution in [1.29, 1.82) is 0 Å². The first kappa shape index (κ1) is 8.32. The maximum absolute atomic E-state index is 11.0. The number of fused-ring (bicyclic) bond motifs is 1. The molecule has 2 nitrogen and oxygen atoms in total. The summed E-state index contributed by atoms with van der Waals surface area (Å²) >= 11 is 5.41. The number of carbonyl (C=O) groups is 1. The first-order chi connectivity index (χ1) is 6.20. The topological polar surface area (TPSA) is 30.2 Å². The summed E-state index contributed by atoms with van der Waals surface area (Å²) in [6, 6.07) is 5.25. The molecule has 0 amide bonds. The lowest BCUT2D eigenvalue weighted by molar-refractivity contribution is 0.108. The van der Waals surface area contributed by atoms with E-state index in [1.807, 2.05) is 13.0 Å². The van der Waals surface area contributed by atoms with Crippen LogP contribution in [0.1, 0.15) is 15.9 Å². The van der Waals surface area contributed by atoms with Gasteiger partial charge in [-0.15, -0.1) is 0 Å². The van der Waals surface area contributed by atoms with Crippen molar-refractivity contribution in [3.8, 4) is 0 Å². The monoisotopic (exact) mass is 194 g/mol. The van der Waals surface area contributed by atoms with Crippen molar-refractivity contribution in [2.24, 2.45) is 0 Å². The number of furan rings is 1. The fraction of sp³-hybridized carbons (Fsp3) is 0.100. The fourth-order valence-electron chi connectivity index (χ4n) is 1.40. The number of benzene rings is 1. The van der Waals surface area contributed by atoms with Crippen LogP contribution >= 0.6 is 11.6 Å². The van der Waals surface area contributed by atoms with Gasteiger partial charge in [0.1, 0.15) is 5.58 Å². The Balaban J connectivity index is 2.80. The number of hydrogen-bond donors (Lipinski definition) is 0. The third-order valence-corrected chi connectivity index (χ3v) is 2.32. The largest absolute Gasteiger partial charge is 0.464 e. The van der Waals surface area contributed by atoms with E-state index in [0.717, 1.165) is 16.5 Å². The van der Waals surface area contributed by atoms with E-state index in [9.17, 15) is 4.79 Å². The molecule has 2 rings (SSSR count). The minimum atomic E-state index is -0.430. The molecule has 66 valence electrons. The molecule has 1 aromatic heterocycles. The van der Waals surface area contributed by atoms with Crippen molar-refractivity contribution in [2.45, 2.75) is 6.92 Å². The Labute approximate surface area is 80.1 Å². The lowest BCUT2D eigenvalue weighted by Gasteiger charge is -2.00. The number of halogens is 1. The van der Waals surface area contributed by atoms with Crippen LogP contribution in [0.15, 0.2) is 28.9 Å². The van der Waals surface area contributed by atoms with Gasteiger partial charge in [0, 0.05) is 10.9 Å². The fourth-order valence-corrected chi connectivity index (χ4v) is 1.61. The molecule has 0 N–H and O–H groups in total. The molecule has 0 radical (unpaired) electrons. The number of carbonyl (C=O) groups excluding carboxylic acids is 1. The molecule has 0 bridgehead atoms. The summed E-state index contributed by atoms with van der Waals surface area (Å²) in [4.78, 5) is 11.0. The first-order valence-electron chi connectivity index (χ1n) is 3.87. The Morgan fingerprint density at radius 2 is 2.15 bits per heavy atom. The molecule has 13 heavy (non-hydrogen) atoms. The molecule has 3 heteroatoms. The highest BCUT2D eigenvalue weighted by Crippen LogP contribution is 2.23. The van der Waals surface area contributed by atoms with Gasteiger partial charge in [0.15, 0.2) is 0 Å². The predicted octanol–water partition coefficient (Wildman–Crippen LogP) is 3.12. The van der Waals surface area contributed by atoms with Gasteiger partial charge in [-0.2, -0.15) is 0 Å². The van der Waals surface area contributed by atoms with E-state index in [-0.39, 0.29) is 0 Å². The molecule has 0 atom stereocenters. The minimum absolute atomic E-state index is 0.430. The summed E-state index contributed by atoms with van der Waals surface area (Å²) in [5.74, 6) is 0.